The number of aromatic amines is 1. The molecule has 0 saturated carbocycles. The van der Waals surface area contributed by atoms with Crippen LogP contribution >= 0.6 is 0 Å². The van der Waals surface area contributed by atoms with Crippen molar-refractivity contribution in [3.8, 4) is 0 Å². The number of H-pyrrole nitrogens is 1. The topological polar surface area (TPSA) is 71.5 Å². The molecule has 1 N–H and O–H groups in total. The van der Waals surface area contributed by atoms with E-state index in [4.69, 9.17) is 0 Å². The van der Waals surface area contributed by atoms with Crippen LogP contribution in [0.3, 0.4) is 0 Å². The SMILES string of the molecule is O=c1cnc2cc3[c]ncnc3cc2[nH]1. The number of rotatable bonds is 0. The lowest BCUT2D eigenvalue weighted by molar-refractivity contribution is 1.20. The van der Waals surface area contributed by atoms with Gasteiger partial charge < -0.3 is 4.98 Å². The Bertz CT molecular complexity index is 704. The van der Waals surface area contributed by atoms with Crippen molar-refractivity contribution in [2.45, 2.75) is 0 Å². The maximum atomic E-state index is 11.1. The number of fused-ring (bicyclic) bond motifs is 2. The number of hydrogen-bond donors (Lipinski definition) is 1. The third kappa shape index (κ3) is 1.25. The summed E-state index contributed by atoms with van der Waals surface area (Å²) in [5.41, 5.74) is 1.89. The van der Waals surface area contributed by atoms with Crippen molar-refractivity contribution in [1.29, 1.82) is 0 Å². The van der Waals surface area contributed by atoms with Crippen molar-refractivity contribution in [1.82, 2.24) is 19.9 Å². The molecule has 5 nitrogen and oxygen atoms in total. The molecule has 0 saturated heterocycles. The molecule has 0 unspecified atom stereocenters. The zero-order valence-electron chi connectivity index (χ0n) is 7.56. The van der Waals surface area contributed by atoms with Gasteiger partial charge in [0.25, 0.3) is 5.56 Å². The molecule has 2 aromatic heterocycles. The molecule has 0 spiro atoms. The Kier molecular flexibility index (Phi) is 1.53. The summed E-state index contributed by atoms with van der Waals surface area (Å²) in [5, 5.41) is 0.782. The summed E-state index contributed by atoms with van der Waals surface area (Å²) >= 11 is 0. The molecule has 3 rings (SSSR count). The second-order valence-corrected chi connectivity index (χ2v) is 3.12. The maximum Gasteiger partial charge on any atom is 0.266 e. The fourth-order valence-electron chi connectivity index (χ4n) is 1.46. The van der Waals surface area contributed by atoms with Gasteiger partial charge in [0.1, 0.15) is 12.5 Å². The zero-order valence-corrected chi connectivity index (χ0v) is 7.56. The van der Waals surface area contributed by atoms with Gasteiger partial charge in [-0.05, 0) is 12.1 Å². The van der Waals surface area contributed by atoms with Crippen LogP contribution in [0.25, 0.3) is 21.9 Å². The van der Waals surface area contributed by atoms with Crippen molar-refractivity contribution in [3.63, 3.8) is 0 Å². The van der Waals surface area contributed by atoms with Gasteiger partial charge in [-0.15, -0.1) is 0 Å². The van der Waals surface area contributed by atoms with Gasteiger partial charge in [0.2, 0.25) is 0 Å². The normalized spacial score (nSPS) is 10.9. The highest BCUT2D eigenvalue weighted by molar-refractivity contribution is 5.91. The van der Waals surface area contributed by atoms with E-state index in [-0.39, 0.29) is 5.56 Å². The third-order valence-electron chi connectivity index (χ3n) is 2.13. The highest BCUT2D eigenvalue weighted by Gasteiger charge is 2.00. The van der Waals surface area contributed by atoms with Crippen LogP contribution in [-0.4, -0.2) is 19.9 Å². The Balaban J connectivity index is 2.53. The first-order chi connectivity index (χ1) is 7.33. The third-order valence-corrected chi connectivity index (χ3v) is 2.13. The second-order valence-electron chi connectivity index (χ2n) is 3.12. The predicted molar refractivity (Wildman–Crippen MR) is 54.3 cm³/mol. The fraction of sp³-hybridized carbons (Fsp3) is 0. The first-order valence-electron chi connectivity index (χ1n) is 4.34. The van der Waals surface area contributed by atoms with Crippen molar-refractivity contribution >= 4 is 21.9 Å². The van der Waals surface area contributed by atoms with E-state index in [1.807, 2.05) is 0 Å². The molecule has 1 aromatic carbocycles. The van der Waals surface area contributed by atoms with Crippen LogP contribution in [0.1, 0.15) is 0 Å². The summed E-state index contributed by atoms with van der Waals surface area (Å²) in [5.74, 6) is 0. The van der Waals surface area contributed by atoms with E-state index in [2.05, 4.69) is 26.1 Å². The molecular formula is C10H5N4O. The quantitative estimate of drug-likeness (QED) is 0.537. The number of nitrogens with one attached hydrogen (secondary N) is 1. The standard InChI is InChI=1S/C10H5N4O/c15-10-4-12-8-1-6-3-11-5-13-7(6)2-9(8)14-10/h1-2,4-5H,(H,14,15). The molecule has 0 amide bonds. The molecule has 0 aliphatic carbocycles. The summed E-state index contributed by atoms with van der Waals surface area (Å²) in [6, 6.07) is 3.55. The smallest absolute Gasteiger partial charge is 0.266 e. The minimum atomic E-state index is -0.222. The van der Waals surface area contributed by atoms with E-state index in [1.165, 1.54) is 12.5 Å². The summed E-state index contributed by atoms with van der Waals surface area (Å²) in [4.78, 5) is 25.6. The van der Waals surface area contributed by atoms with E-state index >= 15 is 0 Å². The number of aromatic nitrogens is 4. The summed E-state index contributed by atoms with van der Waals surface area (Å²) < 4.78 is 0. The number of nitrogens with zero attached hydrogens (tertiary/aromatic N) is 3. The van der Waals surface area contributed by atoms with E-state index in [0.717, 1.165) is 10.9 Å². The largest absolute Gasteiger partial charge is 0.319 e. The Labute approximate surface area is 83.8 Å². The van der Waals surface area contributed by atoms with Crippen LogP contribution in [0.4, 0.5) is 0 Å². The Morgan fingerprint density at radius 2 is 2.13 bits per heavy atom. The van der Waals surface area contributed by atoms with Crippen LogP contribution in [0.15, 0.2) is 29.5 Å². The molecule has 1 radical (unpaired) electrons. The molecule has 2 heterocycles. The van der Waals surface area contributed by atoms with Gasteiger partial charge >= 0.3 is 0 Å². The van der Waals surface area contributed by atoms with Gasteiger partial charge in [-0.3, -0.25) is 4.79 Å². The van der Waals surface area contributed by atoms with Crippen LogP contribution in [0.5, 0.6) is 0 Å². The number of hydrogen-bond acceptors (Lipinski definition) is 4. The monoisotopic (exact) mass is 197 g/mol. The van der Waals surface area contributed by atoms with Crippen molar-refractivity contribution in [3.05, 3.63) is 41.2 Å². The lowest BCUT2D eigenvalue weighted by atomic mass is 10.2. The van der Waals surface area contributed by atoms with E-state index in [0.29, 0.717) is 11.0 Å². The van der Waals surface area contributed by atoms with Crippen molar-refractivity contribution in [2.75, 3.05) is 0 Å². The van der Waals surface area contributed by atoms with Crippen LogP contribution in [0.2, 0.25) is 0 Å². The Morgan fingerprint density at radius 1 is 1.20 bits per heavy atom. The zero-order chi connectivity index (χ0) is 10.3. The van der Waals surface area contributed by atoms with Gasteiger partial charge in [-0.1, -0.05) is 0 Å². The number of benzene rings is 1. The molecule has 0 atom stereocenters. The Hall–Kier alpha value is -2.30. The van der Waals surface area contributed by atoms with Crippen molar-refractivity contribution in [2.24, 2.45) is 0 Å². The molecular weight excluding hydrogens is 192 g/mol. The van der Waals surface area contributed by atoms with Crippen LogP contribution in [0, 0.1) is 6.20 Å². The van der Waals surface area contributed by atoms with Gasteiger partial charge in [0.15, 0.2) is 0 Å². The molecule has 0 aliphatic heterocycles. The molecule has 0 fully saturated rings. The van der Waals surface area contributed by atoms with Crippen LogP contribution < -0.4 is 5.56 Å². The lowest BCUT2D eigenvalue weighted by Gasteiger charge is -1.98. The first-order valence-corrected chi connectivity index (χ1v) is 4.34. The molecule has 3 aromatic rings. The molecule has 0 aliphatic rings. The molecule has 71 valence electrons. The molecule has 5 heteroatoms. The minimum Gasteiger partial charge on any atom is -0.319 e. The molecule has 0 bridgehead atoms. The van der Waals surface area contributed by atoms with E-state index < -0.39 is 0 Å². The van der Waals surface area contributed by atoms with Gasteiger partial charge in [-0.25, -0.2) is 15.0 Å². The highest BCUT2D eigenvalue weighted by atomic mass is 16.1. The van der Waals surface area contributed by atoms with E-state index in [9.17, 15) is 4.79 Å². The highest BCUT2D eigenvalue weighted by Crippen LogP contribution is 2.15. The van der Waals surface area contributed by atoms with Gasteiger partial charge in [0.05, 0.1) is 22.7 Å². The second kappa shape index (κ2) is 2.84. The van der Waals surface area contributed by atoms with Crippen LogP contribution in [-0.2, 0) is 0 Å². The minimum absolute atomic E-state index is 0.222. The maximum absolute atomic E-state index is 11.1. The van der Waals surface area contributed by atoms with Gasteiger partial charge in [0, 0.05) is 5.39 Å². The summed E-state index contributed by atoms with van der Waals surface area (Å²) in [7, 11) is 0. The predicted octanol–water partition coefficient (Wildman–Crippen LogP) is 0.666. The lowest BCUT2D eigenvalue weighted by Crippen LogP contribution is -2.04. The summed E-state index contributed by atoms with van der Waals surface area (Å²) in [6.07, 6.45) is 5.48. The average molecular weight is 197 g/mol. The fourth-order valence-corrected chi connectivity index (χ4v) is 1.46. The molecule has 15 heavy (non-hydrogen) atoms. The van der Waals surface area contributed by atoms with Gasteiger partial charge in [-0.2, -0.15) is 0 Å². The van der Waals surface area contributed by atoms with E-state index in [1.54, 1.807) is 12.1 Å². The summed E-state index contributed by atoms with van der Waals surface area (Å²) in [6.45, 7) is 0. The first kappa shape index (κ1) is 8.05. The average Bonchev–Trinajstić information content (AvgIpc) is 2.26. The Morgan fingerprint density at radius 3 is 3.07 bits per heavy atom. The van der Waals surface area contributed by atoms with Crippen molar-refractivity contribution < 1.29 is 0 Å².